The Labute approximate surface area is 98.0 Å². The maximum atomic E-state index is 11.5. The van der Waals surface area contributed by atoms with Gasteiger partial charge in [-0.15, -0.1) is 13.2 Å². The van der Waals surface area contributed by atoms with E-state index in [4.69, 9.17) is 4.74 Å². The SMILES string of the molecule is C=CCN(CC=C)CC(=O)NCCCOC. The third-order valence-electron chi connectivity index (χ3n) is 1.99. The average Bonchev–Trinajstić information content (AvgIpc) is 2.25. The van der Waals surface area contributed by atoms with E-state index in [1.165, 1.54) is 0 Å². The van der Waals surface area contributed by atoms with Gasteiger partial charge < -0.3 is 10.1 Å². The van der Waals surface area contributed by atoms with Gasteiger partial charge in [-0.05, 0) is 6.42 Å². The number of amides is 1. The Kier molecular flexibility index (Phi) is 9.66. The van der Waals surface area contributed by atoms with Crippen molar-refractivity contribution in [3.8, 4) is 0 Å². The molecule has 0 radical (unpaired) electrons. The Bertz CT molecular complexity index is 207. The summed E-state index contributed by atoms with van der Waals surface area (Å²) in [5.74, 6) is 0.0276. The van der Waals surface area contributed by atoms with Gasteiger partial charge >= 0.3 is 0 Å². The summed E-state index contributed by atoms with van der Waals surface area (Å²) in [6.45, 7) is 10.4. The Balaban J connectivity index is 3.71. The highest BCUT2D eigenvalue weighted by Crippen LogP contribution is 1.89. The second kappa shape index (κ2) is 10.4. The van der Waals surface area contributed by atoms with E-state index in [9.17, 15) is 4.79 Å². The molecule has 1 N–H and O–H groups in total. The summed E-state index contributed by atoms with van der Waals surface area (Å²) in [6, 6.07) is 0. The number of carbonyl (C=O) groups excluding carboxylic acids is 1. The van der Waals surface area contributed by atoms with Crippen molar-refractivity contribution in [3.05, 3.63) is 25.3 Å². The predicted octanol–water partition coefficient (Wildman–Crippen LogP) is 0.813. The molecule has 0 heterocycles. The first-order valence-electron chi connectivity index (χ1n) is 5.44. The maximum absolute atomic E-state index is 11.5. The van der Waals surface area contributed by atoms with Crippen molar-refractivity contribution in [2.75, 3.05) is 39.9 Å². The van der Waals surface area contributed by atoms with Crippen LogP contribution in [0.5, 0.6) is 0 Å². The third kappa shape index (κ3) is 8.20. The number of rotatable bonds is 10. The fourth-order valence-corrected chi connectivity index (χ4v) is 1.27. The van der Waals surface area contributed by atoms with Gasteiger partial charge in [-0.25, -0.2) is 0 Å². The second-order valence-electron chi connectivity index (χ2n) is 3.47. The molecule has 0 spiro atoms. The van der Waals surface area contributed by atoms with Crippen molar-refractivity contribution in [1.29, 1.82) is 0 Å². The zero-order chi connectivity index (χ0) is 12.2. The van der Waals surface area contributed by atoms with Crippen LogP contribution < -0.4 is 5.32 Å². The van der Waals surface area contributed by atoms with Crippen LogP contribution in [0.25, 0.3) is 0 Å². The monoisotopic (exact) mass is 226 g/mol. The van der Waals surface area contributed by atoms with Gasteiger partial charge in [-0.2, -0.15) is 0 Å². The normalized spacial score (nSPS) is 10.1. The fraction of sp³-hybridized carbons (Fsp3) is 0.583. The van der Waals surface area contributed by atoms with Crippen LogP contribution in [0, 0.1) is 0 Å². The molecule has 92 valence electrons. The van der Waals surface area contributed by atoms with E-state index in [1.54, 1.807) is 19.3 Å². The lowest BCUT2D eigenvalue weighted by atomic mass is 10.4. The van der Waals surface area contributed by atoms with Crippen LogP contribution in [-0.2, 0) is 9.53 Å². The molecule has 4 heteroatoms. The van der Waals surface area contributed by atoms with Gasteiger partial charge in [0.1, 0.15) is 0 Å². The molecule has 1 amide bonds. The Hall–Kier alpha value is -1.13. The van der Waals surface area contributed by atoms with Gasteiger partial charge in [0.15, 0.2) is 0 Å². The zero-order valence-electron chi connectivity index (χ0n) is 10.1. The van der Waals surface area contributed by atoms with Crippen LogP contribution in [0.3, 0.4) is 0 Å². The van der Waals surface area contributed by atoms with E-state index >= 15 is 0 Å². The number of methoxy groups -OCH3 is 1. The van der Waals surface area contributed by atoms with Gasteiger partial charge in [-0.1, -0.05) is 12.2 Å². The Morgan fingerprint density at radius 3 is 2.50 bits per heavy atom. The van der Waals surface area contributed by atoms with E-state index in [-0.39, 0.29) is 5.91 Å². The molecule has 0 atom stereocenters. The van der Waals surface area contributed by atoms with Crippen molar-refractivity contribution in [3.63, 3.8) is 0 Å². The van der Waals surface area contributed by atoms with E-state index in [1.807, 2.05) is 4.90 Å². The molecular formula is C12H22N2O2. The lowest BCUT2D eigenvalue weighted by Crippen LogP contribution is -2.38. The molecule has 0 aliphatic heterocycles. The number of nitrogens with one attached hydrogen (secondary N) is 1. The van der Waals surface area contributed by atoms with Gasteiger partial charge in [-0.3, -0.25) is 9.69 Å². The summed E-state index contributed by atoms with van der Waals surface area (Å²) >= 11 is 0. The summed E-state index contributed by atoms with van der Waals surface area (Å²) in [6.07, 6.45) is 4.40. The number of hydrogen-bond acceptors (Lipinski definition) is 3. The van der Waals surface area contributed by atoms with Gasteiger partial charge in [0.25, 0.3) is 0 Å². The molecule has 0 aliphatic carbocycles. The zero-order valence-corrected chi connectivity index (χ0v) is 10.1. The standard InChI is InChI=1S/C12H22N2O2/c1-4-8-14(9-5-2)11-12(15)13-7-6-10-16-3/h4-5H,1-2,6-11H2,3H3,(H,13,15). The molecule has 0 saturated carbocycles. The highest BCUT2D eigenvalue weighted by atomic mass is 16.5. The summed E-state index contributed by atoms with van der Waals surface area (Å²) < 4.78 is 4.89. The molecule has 0 aromatic heterocycles. The number of ether oxygens (including phenoxy) is 1. The summed E-state index contributed by atoms with van der Waals surface area (Å²) in [4.78, 5) is 13.5. The summed E-state index contributed by atoms with van der Waals surface area (Å²) in [7, 11) is 1.65. The average molecular weight is 226 g/mol. The molecule has 0 aliphatic rings. The minimum absolute atomic E-state index is 0.0276. The van der Waals surface area contributed by atoms with Crippen molar-refractivity contribution >= 4 is 5.91 Å². The van der Waals surface area contributed by atoms with Gasteiger partial charge in [0.05, 0.1) is 6.54 Å². The lowest BCUT2D eigenvalue weighted by Gasteiger charge is -2.17. The van der Waals surface area contributed by atoms with Crippen LogP contribution in [-0.4, -0.2) is 50.7 Å². The van der Waals surface area contributed by atoms with Crippen LogP contribution >= 0.6 is 0 Å². The molecule has 0 fully saturated rings. The van der Waals surface area contributed by atoms with E-state index in [2.05, 4.69) is 18.5 Å². The number of hydrogen-bond donors (Lipinski definition) is 1. The lowest BCUT2D eigenvalue weighted by molar-refractivity contribution is -0.122. The Morgan fingerprint density at radius 1 is 1.38 bits per heavy atom. The van der Waals surface area contributed by atoms with E-state index < -0.39 is 0 Å². The van der Waals surface area contributed by atoms with Crippen LogP contribution in [0.2, 0.25) is 0 Å². The topological polar surface area (TPSA) is 41.6 Å². The van der Waals surface area contributed by atoms with Gasteiger partial charge in [0, 0.05) is 33.4 Å². The quantitative estimate of drug-likeness (QED) is 0.443. The third-order valence-corrected chi connectivity index (χ3v) is 1.99. The van der Waals surface area contributed by atoms with Crippen LogP contribution in [0.4, 0.5) is 0 Å². The van der Waals surface area contributed by atoms with Crippen molar-refractivity contribution in [2.45, 2.75) is 6.42 Å². The van der Waals surface area contributed by atoms with Crippen molar-refractivity contribution in [2.24, 2.45) is 0 Å². The molecule has 0 saturated heterocycles. The smallest absolute Gasteiger partial charge is 0.234 e. The number of carbonyl (C=O) groups is 1. The fourth-order valence-electron chi connectivity index (χ4n) is 1.27. The minimum Gasteiger partial charge on any atom is -0.385 e. The number of nitrogens with zero attached hydrogens (tertiary/aromatic N) is 1. The molecule has 16 heavy (non-hydrogen) atoms. The maximum Gasteiger partial charge on any atom is 0.234 e. The van der Waals surface area contributed by atoms with Crippen molar-refractivity contribution in [1.82, 2.24) is 10.2 Å². The molecule has 0 aromatic carbocycles. The van der Waals surface area contributed by atoms with Crippen molar-refractivity contribution < 1.29 is 9.53 Å². The molecule has 0 rings (SSSR count). The molecular weight excluding hydrogens is 204 g/mol. The summed E-state index contributed by atoms with van der Waals surface area (Å²) in [5, 5.41) is 2.84. The molecule has 4 nitrogen and oxygen atoms in total. The van der Waals surface area contributed by atoms with Crippen LogP contribution in [0.1, 0.15) is 6.42 Å². The molecule has 0 aromatic rings. The van der Waals surface area contributed by atoms with E-state index in [0.29, 0.717) is 32.8 Å². The first-order valence-corrected chi connectivity index (χ1v) is 5.44. The second-order valence-corrected chi connectivity index (χ2v) is 3.47. The first kappa shape index (κ1) is 14.9. The van der Waals surface area contributed by atoms with E-state index in [0.717, 1.165) is 6.42 Å². The van der Waals surface area contributed by atoms with Crippen LogP contribution in [0.15, 0.2) is 25.3 Å². The first-order chi connectivity index (χ1) is 7.74. The highest BCUT2D eigenvalue weighted by molar-refractivity contribution is 5.78. The largest absolute Gasteiger partial charge is 0.385 e. The Morgan fingerprint density at radius 2 is 2.00 bits per heavy atom. The highest BCUT2D eigenvalue weighted by Gasteiger charge is 2.06. The minimum atomic E-state index is 0.0276. The predicted molar refractivity (Wildman–Crippen MR) is 66.3 cm³/mol. The molecule has 0 unspecified atom stereocenters. The molecule has 0 bridgehead atoms. The summed E-state index contributed by atoms with van der Waals surface area (Å²) in [5.41, 5.74) is 0. The van der Waals surface area contributed by atoms with Gasteiger partial charge in [0.2, 0.25) is 5.91 Å².